The van der Waals surface area contributed by atoms with Crippen LogP contribution in [0.25, 0.3) is 11.0 Å². The van der Waals surface area contributed by atoms with Crippen molar-refractivity contribution < 1.29 is 0 Å². The van der Waals surface area contributed by atoms with E-state index in [1.165, 1.54) is 44.4 Å². The van der Waals surface area contributed by atoms with Crippen LogP contribution in [0.2, 0.25) is 0 Å². The molecule has 2 heterocycles. The number of para-hydroxylation sites is 2. The van der Waals surface area contributed by atoms with Crippen LogP contribution in [0.15, 0.2) is 24.3 Å². The molecular formula is C17H26N4. The molecule has 1 aromatic carbocycles. The van der Waals surface area contributed by atoms with E-state index < -0.39 is 0 Å². The molecule has 4 nitrogen and oxygen atoms in total. The number of aromatic nitrogens is 2. The third kappa shape index (κ3) is 3.27. The van der Waals surface area contributed by atoms with E-state index in [0.717, 1.165) is 17.9 Å². The SMILES string of the molecule is CC(NCCCN1CCCC1)c1nc2ccccc2n1C. The van der Waals surface area contributed by atoms with Gasteiger partial charge in [0.1, 0.15) is 5.82 Å². The van der Waals surface area contributed by atoms with Crippen molar-refractivity contribution >= 4 is 11.0 Å². The molecule has 21 heavy (non-hydrogen) atoms. The van der Waals surface area contributed by atoms with Gasteiger partial charge in [-0.2, -0.15) is 0 Å². The number of hydrogen-bond acceptors (Lipinski definition) is 3. The molecule has 0 spiro atoms. The van der Waals surface area contributed by atoms with Gasteiger partial charge in [0.15, 0.2) is 0 Å². The Morgan fingerprint density at radius 2 is 2.00 bits per heavy atom. The van der Waals surface area contributed by atoms with Gasteiger partial charge in [0, 0.05) is 7.05 Å². The molecule has 0 radical (unpaired) electrons. The van der Waals surface area contributed by atoms with Crippen molar-refractivity contribution in [3.63, 3.8) is 0 Å². The molecule has 0 aliphatic carbocycles. The van der Waals surface area contributed by atoms with Crippen molar-refractivity contribution in [3.8, 4) is 0 Å². The van der Waals surface area contributed by atoms with Gasteiger partial charge in [0.2, 0.25) is 0 Å². The molecule has 1 aromatic heterocycles. The highest BCUT2D eigenvalue weighted by Crippen LogP contribution is 2.19. The summed E-state index contributed by atoms with van der Waals surface area (Å²) < 4.78 is 2.20. The molecule has 4 heteroatoms. The number of rotatable bonds is 6. The maximum absolute atomic E-state index is 4.76. The maximum Gasteiger partial charge on any atom is 0.126 e. The first kappa shape index (κ1) is 14.5. The topological polar surface area (TPSA) is 33.1 Å². The fourth-order valence-corrected chi connectivity index (χ4v) is 3.27. The molecule has 1 fully saturated rings. The molecule has 1 aliphatic heterocycles. The molecule has 1 unspecified atom stereocenters. The van der Waals surface area contributed by atoms with Gasteiger partial charge in [0.25, 0.3) is 0 Å². The summed E-state index contributed by atoms with van der Waals surface area (Å²) in [7, 11) is 2.10. The molecule has 1 atom stereocenters. The van der Waals surface area contributed by atoms with Crippen LogP contribution in [0.3, 0.4) is 0 Å². The van der Waals surface area contributed by atoms with Crippen molar-refractivity contribution in [1.82, 2.24) is 19.8 Å². The van der Waals surface area contributed by atoms with Crippen molar-refractivity contribution in [3.05, 3.63) is 30.1 Å². The lowest BCUT2D eigenvalue weighted by atomic mass is 10.3. The van der Waals surface area contributed by atoms with Crippen LogP contribution in [0.4, 0.5) is 0 Å². The average Bonchev–Trinajstić information content (AvgIpc) is 3.12. The van der Waals surface area contributed by atoms with E-state index in [1.807, 2.05) is 6.07 Å². The Morgan fingerprint density at radius 1 is 1.24 bits per heavy atom. The van der Waals surface area contributed by atoms with Gasteiger partial charge >= 0.3 is 0 Å². The standard InChI is InChI=1S/C17H26N4/c1-14(18-10-7-13-21-11-5-6-12-21)17-19-15-8-3-4-9-16(15)20(17)2/h3-4,8-9,14,18H,5-7,10-13H2,1-2H3. The number of fused-ring (bicyclic) bond motifs is 1. The minimum atomic E-state index is 0.293. The fourth-order valence-electron chi connectivity index (χ4n) is 3.27. The molecule has 114 valence electrons. The minimum Gasteiger partial charge on any atom is -0.330 e. The molecule has 0 bridgehead atoms. The summed E-state index contributed by atoms with van der Waals surface area (Å²) in [4.78, 5) is 7.33. The first-order valence-electron chi connectivity index (χ1n) is 8.13. The second-order valence-corrected chi connectivity index (χ2v) is 6.10. The van der Waals surface area contributed by atoms with E-state index in [4.69, 9.17) is 4.98 Å². The molecule has 1 aliphatic rings. The van der Waals surface area contributed by atoms with Gasteiger partial charge in [0.05, 0.1) is 17.1 Å². The van der Waals surface area contributed by atoms with Crippen LogP contribution in [-0.4, -0.2) is 40.6 Å². The Morgan fingerprint density at radius 3 is 2.76 bits per heavy atom. The second kappa shape index (κ2) is 6.58. The maximum atomic E-state index is 4.76. The van der Waals surface area contributed by atoms with E-state index in [0.29, 0.717) is 6.04 Å². The van der Waals surface area contributed by atoms with Crippen LogP contribution in [0.1, 0.15) is 38.1 Å². The summed E-state index contributed by atoms with van der Waals surface area (Å²) in [6.45, 7) is 7.07. The monoisotopic (exact) mass is 286 g/mol. The Balaban J connectivity index is 1.54. The number of hydrogen-bond donors (Lipinski definition) is 1. The number of nitrogens with one attached hydrogen (secondary N) is 1. The zero-order valence-electron chi connectivity index (χ0n) is 13.2. The quantitative estimate of drug-likeness (QED) is 0.829. The van der Waals surface area contributed by atoms with E-state index >= 15 is 0 Å². The Hall–Kier alpha value is -1.39. The summed E-state index contributed by atoms with van der Waals surface area (Å²) in [5.74, 6) is 1.12. The summed E-state index contributed by atoms with van der Waals surface area (Å²) >= 11 is 0. The van der Waals surface area contributed by atoms with E-state index in [9.17, 15) is 0 Å². The van der Waals surface area contributed by atoms with Gasteiger partial charge in [-0.25, -0.2) is 4.98 Å². The van der Waals surface area contributed by atoms with Gasteiger partial charge in [-0.1, -0.05) is 12.1 Å². The largest absolute Gasteiger partial charge is 0.330 e. The van der Waals surface area contributed by atoms with Gasteiger partial charge < -0.3 is 14.8 Å². The predicted molar refractivity (Wildman–Crippen MR) is 87.4 cm³/mol. The molecule has 1 N–H and O–H groups in total. The number of likely N-dealkylation sites (tertiary alicyclic amines) is 1. The predicted octanol–water partition coefficient (Wildman–Crippen LogP) is 2.71. The highest BCUT2D eigenvalue weighted by molar-refractivity contribution is 5.75. The fraction of sp³-hybridized carbons (Fsp3) is 0.588. The lowest BCUT2D eigenvalue weighted by Crippen LogP contribution is -2.27. The Labute approximate surface area is 127 Å². The Bertz CT molecular complexity index is 583. The van der Waals surface area contributed by atoms with Gasteiger partial charge in [-0.05, 0) is 64.5 Å². The van der Waals surface area contributed by atoms with Crippen molar-refractivity contribution in [2.24, 2.45) is 7.05 Å². The third-order valence-corrected chi connectivity index (χ3v) is 4.51. The Kier molecular flexibility index (Phi) is 4.56. The second-order valence-electron chi connectivity index (χ2n) is 6.10. The molecule has 1 saturated heterocycles. The third-order valence-electron chi connectivity index (χ3n) is 4.51. The van der Waals surface area contributed by atoms with Crippen LogP contribution in [-0.2, 0) is 7.05 Å². The zero-order chi connectivity index (χ0) is 14.7. The van der Waals surface area contributed by atoms with Crippen molar-refractivity contribution in [2.75, 3.05) is 26.2 Å². The van der Waals surface area contributed by atoms with Crippen LogP contribution >= 0.6 is 0 Å². The first-order valence-corrected chi connectivity index (χ1v) is 8.13. The average molecular weight is 286 g/mol. The van der Waals surface area contributed by atoms with Crippen LogP contribution in [0.5, 0.6) is 0 Å². The summed E-state index contributed by atoms with van der Waals surface area (Å²) in [6.07, 6.45) is 3.97. The molecule has 0 amide bonds. The molecular weight excluding hydrogens is 260 g/mol. The summed E-state index contributed by atoms with van der Waals surface area (Å²) in [6, 6.07) is 8.63. The lowest BCUT2D eigenvalue weighted by Gasteiger charge is -2.17. The smallest absolute Gasteiger partial charge is 0.126 e. The number of nitrogens with zero attached hydrogens (tertiary/aromatic N) is 3. The van der Waals surface area contributed by atoms with Crippen molar-refractivity contribution in [1.29, 1.82) is 0 Å². The van der Waals surface area contributed by atoms with Crippen LogP contribution < -0.4 is 5.32 Å². The number of aryl methyl sites for hydroxylation is 1. The highest BCUT2D eigenvalue weighted by Gasteiger charge is 2.14. The first-order chi connectivity index (χ1) is 10.3. The highest BCUT2D eigenvalue weighted by atomic mass is 15.1. The summed E-state index contributed by atoms with van der Waals surface area (Å²) in [5, 5.41) is 3.61. The lowest BCUT2D eigenvalue weighted by molar-refractivity contribution is 0.327. The molecule has 0 saturated carbocycles. The van der Waals surface area contributed by atoms with E-state index in [1.54, 1.807) is 0 Å². The zero-order valence-corrected chi connectivity index (χ0v) is 13.2. The van der Waals surface area contributed by atoms with E-state index in [-0.39, 0.29) is 0 Å². The summed E-state index contributed by atoms with van der Waals surface area (Å²) in [5.41, 5.74) is 2.29. The van der Waals surface area contributed by atoms with Gasteiger partial charge in [-0.15, -0.1) is 0 Å². The molecule has 3 rings (SSSR count). The number of benzene rings is 1. The van der Waals surface area contributed by atoms with E-state index in [2.05, 4.69) is 47.0 Å². The van der Waals surface area contributed by atoms with Crippen LogP contribution in [0, 0.1) is 0 Å². The number of imidazole rings is 1. The minimum absolute atomic E-state index is 0.293. The van der Waals surface area contributed by atoms with Gasteiger partial charge in [-0.3, -0.25) is 0 Å². The molecule has 2 aromatic rings. The normalized spacial score (nSPS) is 17.6. The van der Waals surface area contributed by atoms with Crippen molar-refractivity contribution in [2.45, 2.75) is 32.2 Å².